The quantitative estimate of drug-likeness (QED) is 0.552. The average molecular weight is 472 g/mol. The molecule has 3 aromatic rings. The molecular weight excluding hydrogens is 447 g/mol. The lowest BCUT2D eigenvalue weighted by atomic mass is 9.91. The van der Waals surface area contributed by atoms with Crippen molar-refractivity contribution in [2.45, 2.75) is 20.8 Å². The molecule has 2 heterocycles. The van der Waals surface area contributed by atoms with Crippen molar-refractivity contribution in [1.82, 2.24) is 4.98 Å². The Kier molecular flexibility index (Phi) is 5.05. The minimum atomic E-state index is -0.887. The molecule has 2 aliphatic rings. The number of aromatic nitrogens is 1. The third-order valence-electron chi connectivity index (χ3n) is 6.97. The van der Waals surface area contributed by atoms with Crippen LogP contribution in [0.3, 0.4) is 0 Å². The number of allylic oxidation sites excluding steroid dienone is 3. The van der Waals surface area contributed by atoms with Gasteiger partial charge in [0.25, 0.3) is 5.91 Å². The number of nitrogens with two attached hydrogens (primary N) is 1. The minimum absolute atomic E-state index is 0.0507. The van der Waals surface area contributed by atoms with E-state index in [9.17, 15) is 18.8 Å². The van der Waals surface area contributed by atoms with Crippen LogP contribution in [0.4, 0.5) is 14.9 Å². The number of benzene rings is 2. The van der Waals surface area contributed by atoms with E-state index in [0.29, 0.717) is 22.3 Å². The number of imide groups is 1. The summed E-state index contributed by atoms with van der Waals surface area (Å²) in [6.45, 7) is 5.72. The van der Waals surface area contributed by atoms with Crippen LogP contribution in [-0.4, -0.2) is 40.2 Å². The maximum Gasteiger partial charge on any atom is 0.506 e. The van der Waals surface area contributed by atoms with E-state index in [-0.39, 0.29) is 5.71 Å². The second kappa shape index (κ2) is 7.87. The van der Waals surface area contributed by atoms with Crippen molar-refractivity contribution in [3.05, 3.63) is 76.8 Å². The zero-order valence-corrected chi connectivity index (χ0v) is 19.8. The van der Waals surface area contributed by atoms with E-state index >= 15 is 0 Å². The molecule has 7 nitrogen and oxygen atoms in total. The number of amides is 4. The number of halogens is 1. The van der Waals surface area contributed by atoms with Crippen LogP contribution in [0.5, 0.6) is 0 Å². The van der Waals surface area contributed by atoms with Crippen LogP contribution in [-0.2, 0) is 4.79 Å². The van der Waals surface area contributed by atoms with E-state index in [1.165, 1.54) is 23.8 Å². The lowest BCUT2D eigenvalue weighted by molar-refractivity contribution is -0.395. The third kappa shape index (κ3) is 3.17. The molecular formula is C27H24FN4O3+. The molecule has 1 unspecified atom stereocenters. The van der Waals surface area contributed by atoms with Gasteiger partial charge in [-0.15, -0.1) is 4.90 Å². The Bertz CT molecular complexity index is 1570. The molecule has 3 N–H and O–H groups in total. The lowest BCUT2D eigenvalue weighted by Crippen LogP contribution is -2.54. The zero-order chi connectivity index (χ0) is 25.2. The first kappa shape index (κ1) is 22.5. The van der Waals surface area contributed by atoms with Gasteiger partial charge in [0.1, 0.15) is 11.6 Å². The Morgan fingerprint density at radius 3 is 2.54 bits per heavy atom. The van der Waals surface area contributed by atoms with Crippen molar-refractivity contribution in [3.63, 3.8) is 0 Å². The monoisotopic (exact) mass is 471 g/mol. The summed E-state index contributed by atoms with van der Waals surface area (Å²) in [5.41, 5.74) is 11.3. The number of aromatic amines is 1. The molecule has 5 rings (SSSR count). The molecule has 8 heteroatoms. The van der Waals surface area contributed by atoms with Gasteiger partial charge in [-0.3, -0.25) is 4.79 Å². The molecule has 1 atom stereocenters. The van der Waals surface area contributed by atoms with Gasteiger partial charge in [-0.2, -0.15) is 9.37 Å². The van der Waals surface area contributed by atoms with Crippen LogP contribution in [0.1, 0.15) is 27.2 Å². The molecule has 2 aromatic carbocycles. The van der Waals surface area contributed by atoms with Gasteiger partial charge in [0.2, 0.25) is 0 Å². The van der Waals surface area contributed by atoms with Gasteiger partial charge in [-0.05, 0) is 55.7 Å². The Hall–Kier alpha value is -4.33. The van der Waals surface area contributed by atoms with Crippen molar-refractivity contribution in [3.8, 4) is 11.1 Å². The van der Waals surface area contributed by atoms with Crippen molar-refractivity contribution in [2.24, 2.45) is 11.7 Å². The van der Waals surface area contributed by atoms with E-state index in [4.69, 9.17) is 5.73 Å². The smallest absolute Gasteiger partial charge is 0.366 e. The molecule has 4 amide bonds. The van der Waals surface area contributed by atoms with Crippen LogP contribution in [0.15, 0.2) is 54.4 Å². The highest BCUT2D eigenvalue weighted by molar-refractivity contribution is 6.27. The fourth-order valence-electron chi connectivity index (χ4n) is 5.03. The molecule has 0 saturated heterocycles. The van der Waals surface area contributed by atoms with Crippen molar-refractivity contribution in [1.29, 1.82) is 0 Å². The van der Waals surface area contributed by atoms with Gasteiger partial charge in [0.05, 0.1) is 18.1 Å². The van der Waals surface area contributed by atoms with Crippen molar-refractivity contribution in [2.75, 3.05) is 11.9 Å². The maximum atomic E-state index is 14.5. The molecule has 1 aliphatic heterocycles. The van der Waals surface area contributed by atoms with Crippen LogP contribution >= 0.6 is 0 Å². The van der Waals surface area contributed by atoms with Crippen molar-refractivity contribution < 1.29 is 23.3 Å². The summed E-state index contributed by atoms with van der Waals surface area (Å²) in [6, 6.07) is 8.27. The number of nitrogens with one attached hydrogen (secondary N) is 1. The zero-order valence-electron chi connectivity index (χ0n) is 19.8. The standard InChI is InChI=1S/C27H23FN4O3/c1-13-15(3)30-23-18(25(29)33)12-11-17(22(13)23)16-7-6-10-21(14(16)2)32-26(34)19-8-5-9-20(28)24(19)31(4)27(32)35/h5-12,19H,1-4H3,(H2-,29,30,33)/p+1. The molecule has 0 saturated carbocycles. The number of nitrogens with zero attached hydrogens (tertiary/aromatic N) is 2. The molecule has 35 heavy (non-hydrogen) atoms. The predicted octanol–water partition coefficient (Wildman–Crippen LogP) is 4.45. The highest BCUT2D eigenvalue weighted by Gasteiger charge is 2.49. The van der Waals surface area contributed by atoms with E-state index in [2.05, 4.69) is 4.98 Å². The van der Waals surface area contributed by atoms with Gasteiger partial charge in [0, 0.05) is 16.6 Å². The number of carbonyl (C=O) groups is 3. The first-order valence-electron chi connectivity index (χ1n) is 11.2. The summed E-state index contributed by atoms with van der Waals surface area (Å²) < 4.78 is 15.6. The van der Waals surface area contributed by atoms with Crippen molar-refractivity contribution >= 4 is 40.1 Å². The first-order chi connectivity index (χ1) is 16.6. The Balaban J connectivity index is 1.71. The highest BCUT2D eigenvalue weighted by Crippen LogP contribution is 2.39. The number of rotatable bonds is 3. The molecule has 0 spiro atoms. The van der Waals surface area contributed by atoms with Crippen LogP contribution in [0, 0.1) is 26.7 Å². The molecule has 0 radical (unpaired) electrons. The number of primary amides is 1. The van der Waals surface area contributed by atoms with Gasteiger partial charge in [0.15, 0.2) is 11.5 Å². The number of hydrogen-bond donors (Lipinski definition) is 2. The lowest BCUT2D eigenvalue weighted by Gasteiger charge is -2.27. The Morgan fingerprint density at radius 1 is 1.09 bits per heavy atom. The normalized spacial score (nSPS) is 17.8. The summed E-state index contributed by atoms with van der Waals surface area (Å²) in [7, 11) is 1.47. The highest BCUT2D eigenvalue weighted by atomic mass is 19.1. The molecule has 0 bridgehead atoms. The minimum Gasteiger partial charge on any atom is -0.366 e. The number of carbonyl (C=O) groups excluding carboxylic acids is 3. The summed E-state index contributed by atoms with van der Waals surface area (Å²) in [5, 5.41) is 0.852. The van der Waals surface area contributed by atoms with Crippen LogP contribution < -0.4 is 10.6 Å². The summed E-state index contributed by atoms with van der Waals surface area (Å²) in [6.07, 6.45) is 4.32. The molecule has 176 valence electrons. The number of aryl methyl sites for hydroxylation is 2. The summed E-state index contributed by atoms with van der Waals surface area (Å²) >= 11 is 0. The second-order valence-corrected chi connectivity index (χ2v) is 8.88. The van der Waals surface area contributed by atoms with Crippen LogP contribution in [0.2, 0.25) is 0 Å². The Morgan fingerprint density at radius 2 is 1.83 bits per heavy atom. The number of H-pyrrole nitrogens is 1. The molecule has 1 aliphatic carbocycles. The van der Waals surface area contributed by atoms with Gasteiger partial charge < -0.3 is 10.7 Å². The SMILES string of the molecule is Cc1[nH]c2c(C(N)=O)ccc(-c3cccc(N4C(=O)C5C=CC=C(F)C5=[N+](C)C4=O)c3C)c2c1C. The van der Waals surface area contributed by atoms with E-state index in [1.807, 2.05) is 32.9 Å². The summed E-state index contributed by atoms with van der Waals surface area (Å²) in [5.74, 6) is -2.52. The first-order valence-corrected chi connectivity index (χ1v) is 11.2. The second-order valence-electron chi connectivity index (χ2n) is 8.88. The van der Waals surface area contributed by atoms with Gasteiger partial charge in [-0.25, -0.2) is 9.18 Å². The maximum absolute atomic E-state index is 14.5. The van der Waals surface area contributed by atoms with E-state index < -0.39 is 29.6 Å². The van der Waals surface area contributed by atoms with Gasteiger partial charge >= 0.3 is 11.9 Å². The fraction of sp³-hybridized carbons (Fsp3) is 0.185. The van der Waals surface area contributed by atoms with Crippen LogP contribution in [0.25, 0.3) is 22.0 Å². The Labute approximate surface area is 201 Å². The van der Waals surface area contributed by atoms with E-state index in [0.717, 1.165) is 32.7 Å². The average Bonchev–Trinajstić information content (AvgIpc) is 3.12. The molecule has 1 aromatic heterocycles. The topological polar surface area (TPSA) is 99.3 Å². The van der Waals surface area contributed by atoms with E-state index in [1.54, 1.807) is 24.3 Å². The molecule has 0 fully saturated rings. The number of urea groups is 1. The predicted molar refractivity (Wildman–Crippen MR) is 132 cm³/mol. The number of anilines is 1. The third-order valence-corrected chi connectivity index (χ3v) is 6.97. The largest absolute Gasteiger partial charge is 0.506 e. The number of fused-ring (bicyclic) bond motifs is 2. The van der Waals surface area contributed by atoms with Gasteiger partial charge in [-0.1, -0.05) is 30.4 Å². The fourth-order valence-corrected chi connectivity index (χ4v) is 5.03. The summed E-state index contributed by atoms with van der Waals surface area (Å²) in [4.78, 5) is 43.1. The number of hydrogen-bond acceptors (Lipinski definition) is 3.